The van der Waals surface area contributed by atoms with Gasteiger partial charge in [-0.25, -0.2) is 4.98 Å². The van der Waals surface area contributed by atoms with Gasteiger partial charge in [-0.3, -0.25) is 4.79 Å². The van der Waals surface area contributed by atoms with Crippen LogP contribution in [-0.2, 0) is 0 Å². The molecule has 148 valence electrons. The molecule has 0 saturated carbocycles. The van der Waals surface area contributed by atoms with Crippen LogP contribution >= 0.6 is 0 Å². The molecule has 3 aromatic rings. The highest BCUT2D eigenvalue weighted by Gasteiger charge is 2.18. The van der Waals surface area contributed by atoms with Gasteiger partial charge >= 0.3 is 0 Å². The van der Waals surface area contributed by atoms with Gasteiger partial charge < -0.3 is 15.0 Å². The predicted molar refractivity (Wildman–Crippen MR) is 116 cm³/mol. The molecule has 29 heavy (non-hydrogen) atoms. The number of amides is 1. The smallest absolute Gasteiger partial charge is 0.255 e. The van der Waals surface area contributed by atoms with Crippen LogP contribution in [0.1, 0.15) is 30.1 Å². The molecule has 5 heteroatoms. The van der Waals surface area contributed by atoms with Crippen LogP contribution in [-0.4, -0.2) is 24.0 Å². The van der Waals surface area contributed by atoms with Gasteiger partial charge in [-0.1, -0.05) is 25.1 Å². The van der Waals surface area contributed by atoms with Crippen LogP contribution in [0.2, 0.25) is 0 Å². The van der Waals surface area contributed by atoms with Crippen molar-refractivity contribution in [1.82, 2.24) is 4.98 Å². The second-order valence-electron chi connectivity index (χ2n) is 7.47. The quantitative estimate of drug-likeness (QED) is 0.640. The summed E-state index contributed by atoms with van der Waals surface area (Å²) in [5.74, 6) is 2.99. The zero-order valence-corrected chi connectivity index (χ0v) is 16.5. The Morgan fingerprint density at radius 3 is 2.41 bits per heavy atom. The van der Waals surface area contributed by atoms with Gasteiger partial charge in [0, 0.05) is 30.5 Å². The van der Waals surface area contributed by atoms with Crippen molar-refractivity contribution in [3.63, 3.8) is 0 Å². The van der Waals surface area contributed by atoms with Crippen molar-refractivity contribution >= 4 is 17.4 Å². The third kappa shape index (κ3) is 4.93. The molecule has 0 bridgehead atoms. The van der Waals surface area contributed by atoms with Crippen molar-refractivity contribution in [1.29, 1.82) is 0 Å². The van der Waals surface area contributed by atoms with E-state index >= 15 is 0 Å². The van der Waals surface area contributed by atoms with Gasteiger partial charge in [0.15, 0.2) is 0 Å². The minimum absolute atomic E-state index is 0.143. The lowest BCUT2D eigenvalue weighted by Gasteiger charge is -2.31. The van der Waals surface area contributed by atoms with Gasteiger partial charge in [-0.15, -0.1) is 0 Å². The van der Waals surface area contributed by atoms with Gasteiger partial charge in [0.05, 0.1) is 0 Å². The minimum Gasteiger partial charge on any atom is -0.457 e. The molecular weight excluding hydrogens is 362 g/mol. The third-order valence-electron chi connectivity index (χ3n) is 5.21. The second-order valence-corrected chi connectivity index (χ2v) is 7.47. The summed E-state index contributed by atoms with van der Waals surface area (Å²) in [7, 11) is 0. The van der Waals surface area contributed by atoms with Gasteiger partial charge in [0.2, 0.25) is 0 Å². The number of para-hydroxylation sites is 1. The molecule has 0 atom stereocenters. The number of rotatable bonds is 5. The van der Waals surface area contributed by atoms with Gasteiger partial charge in [0.25, 0.3) is 5.91 Å². The molecule has 1 aromatic heterocycles. The average Bonchev–Trinajstić information content (AvgIpc) is 2.76. The molecule has 4 rings (SSSR count). The lowest BCUT2D eigenvalue weighted by Crippen LogP contribution is -2.33. The standard InChI is InChI=1S/C24H25N3O2/c1-18-12-15-27(16-13-18)23-17-19(11-14-25-23)24(28)26-20-7-9-22(10-8-20)29-21-5-3-2-4-6-21/h2-11,14,17-18H,12-13,15-16H2,1H3,(H,26,28). The zero-order chi connectivity index (χ0) is 20.1. The Bertz CT molecular complexity index is 949. The van der Waals surface area contributed by atoms with E-state index < -0.39 is 0 Å². The molecule has 1 N–H and O–H groups in total. The number of carbonyl (C=O) groups is 1. The topological polar surface area (TPSA) is 54.5 Å². The van der Waals surface area contributed by atoms with E-state index in [1.54, 1.807) is 12.3 Å². The molecule has 1 aliphatic heterocycles. The zero-order valence-electron chi connectivity index (χ0n) is 16.5. The van der Waals surface area contributed by atoms with Crippen LogP contribution in [0.15, 0.2) is 72.9 Å². The average molecular weight is 387 g/mol. The van der Waals surface area contributed by atoms with Crippen molar-refractivity contribution in [2.45, 2.75) is 19.8 Å². The fourth-order valence-electron chi connectivity index (χ4n) is 3.40. The van der Waals surface area contributed by atoms with E-state index in [0.29, 0.717) is 5.56 Å². The van der Waals surface area contributed by atoms with E-state index in [1.807, 2.05) is 60.7 Å². The predicted octanol–water partition coefficient (Wildman–Crippen LogP) is 5.36. The molecule has 1 saturated heterocycles. The maximum absolute atomic E-state index is 12.7. The number of carbonyl (C=O) groups excluding carboxylic acids is 1. The number of benzene rings is 2. The maximum atomic E-state index is 12.7. The fourth-order valence-corrected chi connectivity index (χ4v) is 3.40. The number of piperidine rings is 1. The van der Waals surface area contributed by atoms with E-state index in [-0.39, 0.29) is 5.91 Å². The van der Waals surface area contributed by atoms with Crippen LogP contribution in [0.3, 0.4) is 0 Å². The molecule has 0 aliphatic carbocycles. The van der Waals surface area contributed by atoms with Gasteiger partial charge in [0.1, 0.15) is 17.3 Å². The van der Waals surface area contributed by atoms with Crippen LogP contribution in [0.25, 0.3) is 0 Å². The van der Waals surface area contributed by atoms with E-state index in [1.165, 1.54) is 0 Å². The first-order valence-electron chi connectivity index (χ1n) is 10.0. The Hall–Kier alpha value is -3.34. The molecule has 1 amide bonds. The highest BCUT2D eigenvalue weighted by atomic mass is 16.5. The number of anilines is 2. The lowest BCUT2D eigenvalue weighted by molar-refractivity contribution is 0.102. The fraction of sp³-hybridized carbons (Fsp3) is 0.250. The Balaban J connectivity index is 1.39. The Morgan fingerprint density at radius 2 is 1.69 bits per heavy atom. The highest BCUT2D eigenvalue weighted by molar-refractivity contribution is 6.04. The summed E-state index contributed by atoms with van der Waals surface area (Å²) in [6, 6.07) is 20.6. The molecule has 2 heterocycles. The largest absolute Gasteiger partial charge is 0.457 e. The summed E-state index contributed by atoms with van der Waals surface area (Å²) in [5.41, 5.74) is 1.33. The summed E-state index contributed by atoms with van der Waals surface area (Å²) in [6.45, 7) is 4.26. The van der Waals surface area contributed by atoms with E-state index in [2.05, 4.69) is 22.1 Å². The summed E-state index contributed by atoms with van der Waals surface area (Å²) in [4.78, 5) is 19.4. The first kappa shape index (κ1) is 19.0. The second kappa shape index (κ2) is 8.78. The van der Waals surface area contributed by atoms with Crippen molar-refractivity contribution < 1.29 is 9.53 Å². The van der Waals surface area contributed by atoms with Crippen molar-refractivity contribution in [3.8, 4) is 11.5 Å². The molecule has 0 spiro atoms. The summed E-state index contributed by atoms with van der Waals surface area (Å²) >= 11 is 0. The Kier molecular flexibility index (Phi) is 5.75. The number of hydrogen-bond donors (Lipinski definition) is 1. The van der Waals surface area contributed by atoms with Crippen molar-refractivity contribution in [3.05, 3.63) is 78.5 Å². The van der Waals surface area contributed by atoms with Crippen LogP contribution in [0.5, 0.6) is 11.5 Å². The number of nitrogens with zero attached hydrogens (tertiary/aromatic N) is 2. The Labute approximate surface area is 171 Å². The van der Waals surface area contributed by atoms with Crippen molar-refractivity contribution in [2.75, 3.05) is 23.3 Å². The summed E-state index contributed by atoms with van der Waals surface area (Å²) in [5, 5.41) is 2.95. The maximum Gasteiger partial charge on any atom is 0.255 e. The first-order valence-corrected chi connectivity index (χ1v) is 10.0. The molecule has 2 aromatic carbocycles. The number of ether oxygens (including phenoxy) is 1. The van der Waals surface area contributed by atoms with Crippen LogP contribution < -0.4 is 15.0 Å². The monoisotopic (exact) mass is 387 g/mol. The van der Waals surface area contributed by atoms with E-state index in [0.717, 1.165) is 54.9 Å². The first-order chi connectivity index (χ1) is 14.2. The van der Waals surface area contributed by atoms with Crippen molar-refractivity contribution in [2.24, 2.45) is 5.92 Å². The number of hydrogen-bond acceptors (Lipinski definition) is 4. The molecule has 1 aliphatic rings. The molecule has 0 unspecified atom stereocenters. The van der Waals surface area contributed by atoms with E-state index in [4.69, 9.17) is 4.74 Å². The normalized spacial score (nSPS) is 14.4. The number of pyridine rings is 1. The number of aromatic nitrogens is 1. The SMILES string of the molecule is CC1CCN(c2cc(C(=O)Nc3ccc(Oc4ccccc4)cc3)ccn2)CC1. The van der Waals surface area contributed by atoms with Crippen LogP contribution in [0.4, 0.5) is 11.5 Å². The van der Waals surface area contributed by atoms with Crippen LogP contribution in [0, 0.1) is 5.92 Å². The highest BCUT2D eigenvalue weighted by Crippen LogP contribution is 2.24. The van der Waals surface area contributed by atoms with Gasteiger partial charge in [-0.2, -0.15) is 0 Å². The summed E-state index contributed by atoms with van der Waals surface area (Å²) in [6.07, 6.45) is 4.03. The number of nitrogens with one attached hydrogen (secondary N) is 1. The molecule has 0 radical (unpaired) electrons. The van der Waals surface area contributed by atoms with E-state index in [9.17, 15) is 4.79 Å². The lowest BCUT2D eigenvalue weighted by atomic mass is 9.99. The summed E-state index contributed by atoms with van der Waals surface area (Å²) < 4.78 is 5.79. The van der Waals surface area contributed by atoms with Gasteiger partial charge in [-0.05, 0) is 67.3 Å². The Morgan fingerprint density at radius 1 is 1.00 bits per heavy atom. The molecular formula is C24H25N3O2. The minimum atomic E-state index is -0.143. The molecule has 1 fully saturated rings. The molecule has 5 nitrogen and oxygen atoms in total. The third-order valence-corrected chi connectivity index (χ3v) is 5.21.